The number of likely N-dealkylation sites (tertiary alicyclic amines) is 1. The van der Waals surface area contributed by atoms with Gasteiger partial charge in [-0.3, -0.25) is 0 Å². The minimum atomic E-state index is 0.731. The lowest BCUT2D eigenvalue weighted by molar-refractivity contribution is 0.223. The Hall–Kier alpha value is -0.0800. The number of rotatable bonds is 1. The summed E-state index contributed by atoms with van der Waals surface area (Å²) in [5.41, 5.74) is 0. The van der Waals surface area contributed by atoms with Gasteiger partial charge < -0.3 is 9.80 Å². The fraction of sp³-hybridized carbons (Fsp3) is 1.00. The van der Waals surface area contributed by atoms with Crippen molar-refractivity contribution in [1.82, 2.24) is 9.80 Å². The topological polar surface area (TPSA) is 6.48 Å². The third kappa shape index (κ3) is 1.32. The van der Waals surface area contributed by atoms with E-state index in [2.05, 4.69) is 37.9 Å². The second-order valence-corrected chi connectivity index (χ2v) is 3.54. The lowest BCUT2D eigenvalue weighted by Crippen LogP contribution is -2.38. The number of hydrogen-bond acceptors (Lipinski definition) is 2. The van der Waals surface area contributed by atoms with Gasteiger partial charge in [0.25, 0.3) is 0 Å². The van der Waals surface area contributed by atoms with Crippen LogP contribution in [0.2, 0.25) is 0 Å². The zero-order chi connectivity index (χ0) is 7.72. The van der Waals surface area contributed by atoms with Gasteiger partial charge in [0.1, 0.15) is 0 Å². The van der Waals surface area contributed by atoms with Gasteiger partial charge in [-0.15, -0.1) is 0 Å². The lowest BCUT2D eigenvalue weighted by atomic mass is 10.1. The minimum absolute atomic E-state index is 0.731. The van der Waals surface area contributed by atoms with E-state index < -0.39 is 0 Å². The summed E-state index contributed by atoms with van der Waals surface area (Å²) in [6.45, 7) is 3.56. The van der Waals surface area contributed by atoms with Crippen molar-refractivity contribution in [3.8, 4) is 0 Å². The summed E-state index contributed by atoms with van der Waals surface area (Å²) >= 11 is 0. The molecule has 0 aromatic heterocycles. The zero-order valence-electron chi connectivity index (χ0n) is 7.46. The standard InChI is InChI=1S/C8H18N2/c1-7-8(9(2)3)5-6-10(7)4/h7-8H,5-6H2,1-4H3. The normalized spacial score (nSPS) is 35.7. The number of likely N-dealkylation sites (N-methyl/N-ethyl adjacent to an activating group) is 2. The van der Waals surface area contributed by atoms with Gasteiger partial charge in [-0.25, -0.2) is 0 Å². The van der Waals surface area contributed by atoms with Crippen LogP contribution in [0.4, 0.5) is 0 Å². The molecule has 0 bridgehead atoms. The molecule has 2 nitrogen and oxygen atoms in total. The number of nitrogens with zero attached hydrogens (tertiary/aromatic N) is 2. The van der Waals surface area contributed by atoms with Crippen LogP contribution in [-0.4, -0.2) is 49.6 Å². The van der Waals surface area contributed by atoms with Crippen molar-refractivity contribution >= 4 is 0 Å². The van der Waals surface area contributed by atoms with Crippen molar-refractivity contribution in [2.45, 2.75) is 25.4 Å². The molecule has 0 radical (unpaired) electrons. The predicted octanol–water partition coefficient (Wildman–Crippen LogP) is 0.641. The second-order valence-electron chi connectivity index (χ2n) is 3.54. The van der Waals surface area contributed by atoms with Crippen LogP contribution in [0.25, 0.3) is 0 Å². The van der Waals surface area contributed by atoms with E-state index in [0.717, 1.165) is 12.1 Å². The fourth-order valence-corrected chi connectivity index (χ4v) is 1.76. The highest BCUT2D eigenvalue weighted by Gasteiger charge is 2.28. The molecule has 2 heteroatoms. The largest absolute Gasteiger partial charge is 0.305 e. The molecule has 0 aliphatic carbocycles. The molecule has 0 aromatic rings. The fourth-order valence-electron chi connectivity index (χ4n) is 1.76. The first-order chi connectivity index (χ1) is 4.63. The first-order valence-electron chi connectivity index (χ1n) is 3.99. The summed E-state index contributed by atoms with van der Waals surface area (Å²) in [5.74, 6) is 0. The quantitative estimate of drug-likeness (QED) is 0.530. The molecular formula is C8H18N2. The van der Waals surface area contributed by atoms with Crippen molar-refractivity contribution in [3.63, 3.8) is 0 Å². The molecule has 2 unspecified atom stereocenters. The second kappa shape index (κ2) is 2.89. The summed E-state index contributed by atoms with van der Waals surface area (Å²) in [6.07, 6.45) is 1.32. The molecule has 1 fully saturated rings. The summed E-state index contributed by atoms with van der Waals surface area (Å²) in [6, 6.07) is 1.50. The van der Waals surface area contributed by atoms with Crippen LogP contribution in [0, 0.1) is 0 Å². The van der Waals surface area contributed by atoms with Gasteiger partial charge in [0.2, 0.25) is 0 Å². The highest BCUT2D eigenvalue weighted by Crippen LogP contribution is 2.18. The van der Waals surface area contributed by atoms with Gasteiger partial charge in [0, 0.05) is 12.1 Å². The Bertz CT molecular complexity index is 112. The summed E-state index contributed by atoms with van der Waals surface area (Å²) in [7, 11) is 6.54. The summed E-state index contributed by atoms with van der Waals surface area (Å²) in [5, 5.41) is 0. The Balaban J connectivity index is 2.49. The molecular weight excluding hydrogens is 124 g/mol. The van der Waals surface area contributed by atoms with Crippen LogP contribution >= 0.6 is 0 Å². The molecule has 0 N–H and O–H groups in total. The van der Waals surface area contributed by atoms with E-state index >= 15 is 0 Å². The first kappa shape index (κ1) is 8.02. The summed E-state index contributed by atoms with van der Waals surface area (Å²) < 4.78 is 0. The molecule has 60 valence electrons. The minimum Gasteiger partial charge on any atom is -0.305 e. The van der Waals surface area contributed by atoms with E-state index in [1.807, 2.05) is 0 Å². The van der Waals surface area contributed by atoms with Crippen LogP contribution in [0.15, 0.2) is 0 Å². The Kier molecular flexibility index (Phi) is 2.32. The van der Waals surface area contributed by atoms with Gasteiger partial charge >= 0.3 is 0 Å². The van der Waals surface area contributed by atoms with Gasteiger partial charge in [0.15, 0.2) is 0 Å². The van der Waals surface area contributed by atoms with Crippen LogP contribution in [0.3, 0.4) is 0 Å². The molecule has 1 heterocycles. The maximum Gasteiger partial charge on any atom is 0.0254 e. The van der Waals surface area contributed by atoms with Crippen molar-refractivity contribution in [2.75, 3.05) is 27.7 Å². The average molecular weight is 142 g/mol. The van der Waals surface area contributed by atoms with E-state index in [9.17, 15) is 0 Å². The molecule has 1 aliphatic rings. The van der Waals surface area contributed by atoms with E-state index in [-0.39, 0.29) is 0 Å². The van der Waals surface area contributed by atoms with E-state index in [1.165, 1.54) is 13.0 Å². The van der Waals surface area contributed by atoms with E-state index in [4.69, 9.17) is 0 Å². The summed E-state index contributed by atoms with van der Waals surface area (Å²) in [4.78, 5) is 4.75. The maximum atomic E-state index is 2.42. The van der Waals surface area contributed by atoms with Gasteiger partial charge in [-0.05, 0) is 41.0 Å². The molecule has 0 saturated carbocycles. The molecule has 1 rings (SSSR count). The Morgan fingerprint density at radius 2 is 2.00 bits per heavy atom. The van der Waals surface area contributed by atoms with E-state index in [0.29, 0.717) is 0 Å². The highest BCUT2D eigenvalue weighted by atomic mass is 15.2. The first-order valence-corrected chi connectivity index (χ1v) is 3.99. The van der Waals surface area contributed by atoms with Crippen LogP contribution in [-0.2, 0) is 0 Å². The third-order valence-corrected chi connectivity index (χ3v) is 2.69. The van der Waals surface area contributed by atoms with Gasteiger partial charge in [0.05, 0.1) is 0 Å². The molecule has 2 atom stereocenters. The average Bonchev–Trinajstić information content (AvgIpc) is 2.14. The Morgan fingerprint density at radius 1 is 1.40 bits per heavy atom. The zero-order valence-corrected chi connectivity index (χ0v) is 7.46. The van der Waals surface area contributed by atoms with Crippen LogP contribution in [0.1, 0.15) is 13.3 Å². The molecule has 0 spiro atoms. The molecule has 10 heavy (non-hydrogen) atoms. The van der Waals surface area contributed by atoms with Gasteiger partial charge in [-0.1, -0.05) is 0 Å². The molecule has 0 aromatic carbocycles. The Morgan fingerprint density at radius 3 is 2.20 bits per heavy atom. The lowest BCUT2D eigenvalue weighted by Gasteiger charge is -2.25. The van der Waals surface area contributed by atoms with Crippen molar-refractivity contribution in [1.29, 1.82) is 0 Å². The van der Waals surface area contributed by atoms with Crippen molar-refractivity contribution in [2.24, 2.45) is 0 Å². The van der Waals surface area contributed by atoms with Crippen molar-refractivity contribution in [3.05, 3.63) is 0 Å². The monoisotopic (exact) mass is 142 g/mol. The predicted molar refractivity (Wildman–Crippen MR) is 44.2 cm³/mol. The van der Waals surface area contributed by atoms with Crippen LogP contribution < -0.4 is 0 Å². The molecule has 0 amide bonds. The third-order valence-electron chi connectivity index (χ3n) is 2.69. The number of hydrogen-bond donors (Lipinski definition) is 0. The molecule has 1 saturated heterocycles. The van der Waals surface area contributed by atoms with Crippen molar-refractivity contribution < 1.29 is 0 Å². The highest BCUT2D eigenvalue weighted by molar-refractivity contribution is 4.86. The van der Waals surface area contributed by atoms with Crippen LogP contribution in [0.5, 0.6) is 0 Å². The Labute approximate surface area is 63.8 Å². The smallest absolute Gasteiger partial charge is 0.0254 e. The maximum absolute atomic E-state index is 2.42. The molecule has 1 aliphatic heterocycles. The van der Waals surface area contributed by atoms with Gasteiger partial charge in [-0.2, -0.15) is 0 Å². The SMILES string of the molecule is CC1C(N(C)C)CCN1C. The van der Waals surface area contributed by atoms with E-state index in [1.54, 1.807) is 0 Å².